The van der Waals surface area contributed by atoms with Gasteiger partial charge in [0.05, 0.1) is 0 Å². The molecule has 1 aromatic heterocycles. The number of fused-ring (bicyclic) bond motifs is 1. The van der Waals surface area contributed by atoms with Crippen molar-refractivity contribution in [2.75, 3.05) is 13.1 Å². The number of carbonyl (C=O) groups is 2. The van der Waals surface area contributed by atoms with Crippen LogP contribution in [0.2, 0.25) is 0 Å². The maximum Gasteiger partial charge on any atom is 0.326 e. The van der Waals surface area contributed by atoms with Crippen LogP contribution in [-0.4, -0.2) is 46.0 Å². The van der Waals surface area contributed by atoms with E-state index >= 15 is 0 Å². The number of amides is 2. The van der Waals surface area contributed by atoms with E-state index in [1.54, 1.807) is 21.1 Å². The highest BCUT2D eigenvalue weighted by atomic mass is 32.1. The van der Waals surface area contributed by atoms with Crippen LogP contribution >= 0.6 is 11.3 Å². The van der Waals surface area contributed by atoms with Crippen molar-refractivity contribution in [3.63, 3.8) is 0 Å². The molecule has 1 unspecified atom stereocenters. The average molecular weight is 308 g/mol. The van der Waals surface area contributed by atoms with E-state index in [2.05, 4.69) is 11.4 Å². The highest BCUT2D eigenvalue weighted by Crippen LogP contribution is 2.26. The number of carboxylic acids is 1. The first-order chi connectivity index (χ1) is 10.2. The molecule has 0 bridgehead atoms. The molecule has 0 radical (unpaired) electrons. The van der Waals surface area contributed by atoms with Gasteiger partial charge < -0.3 is 14.9 Å². The number of rotatable bonds is 1. The van der Waals surface area contributed by atoms with Crippen LogP contribution in [0, 0.1) is 0 Å². The van der Waals surface area contributed by atoms with Crippen LogP contribution in [-0.2, 0) is 17.8 Å². The molecule has 0 aromatic carbocycles. The molecule has 1 fully saturated rings. The molecule has 2 aliphatic rings. The summed E-state index contributed by atoms with van der Waals surface area (Å²) in [4.78, 5) is 28.9. The van der Waals surface area contributed by atoms with Gasteiger partial charge in [0.1, 0.15) is 6.04 Å². The standard InChI is InChI=1S/C15H20N2O3S/c18-14(19)12-4-2-1-3-7-17(12)15(20)16-8-5-13-11(10-16)6-9-21-13/h6,9,12H,1-5,7-8,10H2,(H,18,19). The molecule has 3 heterocycles. The van der Waals surface area contributed by atoms with Gasteiger partial charge in [0.25, 0.3) is 0 Å². The van der Waals surface area contributed by atoms with Crippen molar-refractivity contribution in [1.29, 1.82) is 0 Å². The average Bonchev–Trinajstić information content (AvgIpc) is 2.80. The van der Waals surface area contributed by atoms with Crippen LogP contribution in [0.15, 0.2) is 11.4 Å². The van der Waals surface area contributed by atoms with E-state index in [0.29, 0.717) is 26.1 Å². The lowest BCUT2D eigenvalue weighted by molar-refractivity contribution is -0.142. The molecular formula is C15H20N2O3S. The lowest BCUT2D eigenvalue weighted by atomic mass is 10.1. The molecule has 0 aliphatic carbocycles. The Morgan fingerprint density at radius 1 is 1.24 bits per heavy atom. The summed E-state index contributed by atoms with van der Waals surface area (Å²) < 4.78 is 0. The van der Waals surface area contributed by atoms with Gasteiger partial charge >= 0.3 is 12.0 Å². The normalized spacial score (nSPS) is 22.6. The lowest BCUT2D eigenvalue weighted by Gasteiger charge is -2.35. The maximum absolute atomic E-state index is 12.7. The Balaban J connectivity index is 1.75. The van der Waals surface area contributed by atoms with Crippen molar-refractivity contribution in [3.05, 3.63) is 21.9 Å². The Morgan fingerprint density at radius 3 is 2.90 bits per heavy atom. The molecule has 1 saturated heterocycles. The number of urea groups is 1. The number of hydrogen-bond acceptors (Lipinski definition) is 3. The SMILES string of the molecule is O=C(O)C1CCCCCN1C(=O)N1CCc2sccc2C1. The van der Waals surface area contributed by atoms with Crippen LogP contribution in [0.4, 0.5) is 4.79 Å². The van der Waals surface area contributed by atoms with E-state index in [-0.39, 0.29) is 6.03 Å². The van der Waals surface area contributed by atoms with Crippen molar-refractivity contribution in [2.24, 2.45) is 0 Å². The summed E-state index contributed by atoms with van der Waals surface area (Å²) in [5.74, 6) is -0.876. The summed E-state index contributed by atoms with van der Waals surface area (Å²) >= 11 is 1.74. The third-order valence-electron chi connectivity index (χ3n) is 4.36. The molecular weight excluding hydrogens is 288 g/mol. The minimum atomic E-state index is -0.876. The number of thiophene rings is 1. The van der Waals surface area contributed by atoms with Gasteiger partial charge in [0.15, 0.2) is 0 Å². The smallest absolute Gasteiger partial charge is 0.326 e. The minimum Gasteiger partial charge on any atom is -0.480 e. The second-order valence-corrected chi connectivity index (χ2v) is 6.72. The number of carboxylic acid groups (broad SMARTS) is 1. The van der Waals surface area contributed by atoms with Gasteiger partial charge in [-0.25, -0.2) is 9.59 Å². The Hall–Kier alpha value is -1.56. The highest BCUT2D eigenvalue weighted by Gasteiger charge is 2.34. The van der Waals surface area contributed by atoms with Gasteiger partial charge in [-0.2, -0.15) is 0 Å². The van der Waals surface area contributed by atoms with Crippen LogP contribution in [0.1, 0.15) is 36.1 Å². The zero-order valence-corrected chi connectivity index (χ0v) is 12.8. The zero-order valence-electron chi connectivity index (χ0n) is 12.0. The lowest BCUT2D eigenvalue weighted by Crippen LogP contribution is -2.51. The predicted molar refractivity (Wildman–Crippen MR) is 80.4 cm³/mol. The third kappa shape index (κ3) is 2.90. The van der Waals surface area contributed by atoms with Crippen LogP contribution in [0.3, 0.4) is 0 Å². The molecule has 3 rings (SSSR count). The summed E-state index contributed by atoms with van der Waals surface area (Å²) in [5.41, 5.74) is 1.21. The van der Waals surface area contributed by atoms with E-state index in [1.165, 1.54) is 10.4 Å². The summed E-state index contributed by atoms with van der Waals surface area (Å²) in [6.45, 7) is 1.86. The minimum absolute atomic E-state index is 0.110. The summed E-state index contributed by atoms with van der Waals surface area (Å²) in [5, 5.41) is 11.5. The second kappa shape index (κ2) is 6.05. The van der Waals surface area contributed by atoms with E-state index in [1.807, 2.05) is 0 Å². The quantitative estimate of drug-likeness (QED) is 0.867. The van der Waals surface area contributed by atoms with E-state index < -0.39 is 12.0 Å². The zero-order chi connectivity index (χ0) is 14.8. The number of hydrogen-bond donors (Lipinski definition) is 1. The fourth-order valence-corrected chi connectivity index (χ4v) is 4.08. The summed E-state index contributed by atoms with van der Waals surface area (Å²) in [6, 6.07) is 1.29. The second-order valence-electron chi connectivity index (χ2n) is 5.72. The largest absolute Gasteiger partial charge is 0.480 e. The van der Waals surface area contributed by atoms with Crippen molar-refractivity contribution < 1.29 is 14.7 Å². The molecule has 6 heteroatoms. The van der Waals surface area contributed by atoms with Crippen molar-refractivity contribution >= 4 is 23.3 Å². The molecule has 0 saturated carbocycles. The van der Waals surface area contributed by atoms with E-state index in [4.69, 9.17) is 0 Å². The number of aliphatic carboxylic acids is 1. The molecule has 21 heavy (non-hydrogen) atoms. The number of likely N-dealkylation sites (tertiary alicyclic amines) is 1. The van der Waals surface area contributed by atoms with Crippen molar-refractivity contribution in [3.8, 4) is 0 Å². The maximum atomic E-state index is 12.7. The highest BCUT2D eigenvalue weighted by molar-refractivity contribution is 7.10. The molecule has 114 valence electrons. The van der Waals surface area contributed by atoms with E-state index in [0.717, 1.165) is 25.7 Å². The van der Waals surface area contributed by atoms with Gasteiger partial charge in [0.2, 0.25) is 0 Å². The van der Waals surface area contributed by atoms with E-state index in [9.17, 15) is 14.7 Å². The topological polar surface area (TPSA) is 60.9 Å². The Kier molecular flexibility index (Phi) is 4.14. The Morgan fingerprint density at radius 2 is 2.10 bits per heavy atom. The molecule has 0 spiro atoms. The van der Waals surface area contributed by atoms with Crippen LogP contribution in [0.5, 0.6) is 0 Å². The number of carbonyl (C=O) groups excluding carboxylic acids is 1. The molecule has 1 atom stereocenters. The number of nitrogens with zero attached hydrogens (tertiary/aromatic N) is 2. The monoisotopic (exact) mass is 308 g/mol. The molecule has 1 aromatic rings. The van der Waals surface area contributed by atoms with Gasteiger partial charge in [-0.05, 0) is 36.3 Å². The van der Waals surface area contributed by atoms with Crippen LogP contribution in [0.25, 0.3) is 0 Å². The first-order valence-electron chi connectivity index (χ1n) is 7.50. The van der Waals surface area contributed by atoms with Gasteiger partial charge in [-0.15, -0.1) is 11.3 Å². The first-order valence-corrected chi connectivity index (χ1v) is 8.38. The Bertz CT molecular complexity index is 543. The summed E-state index contributed by atoms with van der Waals surface area (Å²) in [6.07, 6.45) is 4.23. The third-order valence-corrected chi connectivity index (χ3v) is 5.38. The molecule has 5 nitrogen and oxygen atoms in total. The Labute approximate surface area is 128 Å². The van der Waals surface area contributed by atoms with Crippen molar-refractivity contribution in [1.82, 2.24) is 9.80 Å². The fraction of sp³-hybridized carbons (Fsp3) is 0.600. The van der Waals surface area contributed by atoms with Crippen LogP contribution < -0.4 is 0 Å². The molecule has 1 N–H and O–H groups in total. The fourth-order valence-electron chi connectivity index (χ4n) is 3.19. The van der Waals surface area contributed by atoms with Gasteiger partial charge in [-0.1, -0.05) is 12.8 Å². The van der Waals surface area contributed by atoms with Crippen molar-refractivity contribution in [2.45, 2.75) is 44.7 Å². The van der Waals surface area contributed by atoms with Gasteiger partial charge in [-0.3, -0.25) is 0 Å². The first kappa shape index (κ1) is 14.4. The predicted octanol–water partition coefficient (Wildman–Crippen LogP) is 2.56. The van der Waals surface area contributed by atoms with Gasteiger partial charge in [0, 0.05) is 24.5 Å². The molecule has 2 aliphatic heterocycles. The summed E-state index contributed by atoms with van der Waals surface area (Å²) in [7, 11) is 0. The molecule has 2 amide bonds.